The first-order chi connectivity index (χ1) is 7.43. The van der Waals surface area contributed by atoms with Crippen LogP contribution in [-0.4, -0.2) is 58.4 Å². The summed E-state index contributed by atoms with van der Waals surface area (Å²) in [6, 6.07) is 0. The predicted molar refractivity (Wildman–Crippen MR) is 68.9 cm³/mol. The Morgan fingerprint density at radius 1 is 1.62 bits per heavy atom. The number of hydrogen-bond acceptors (Lipinski definition) is 3. The molecule has 2 N–H and O–H groups in total. The Bertz CT molecular complexity index is 384. The van der Waals surface area contributed by atoms with E-state index in [1.165, 1.54) is 0 Å². The normalized spacial score (nSPS) is 22.6. The largest absolute Gasteiger partial charge is 0.376 e. The second kappa shape index (κ2) is 5.18. The molecule has 5 nitrogen and oxygen atoms in total. The van der Waals surface area contributed by atoms with Crippen molar-refractivity contribution in [1.29, 1.82) is 0 Å². The van der Waals surface area contributed by atoms with Crippen molar-refractivity contribution in [2.75, 3.05) is 21.1 Å². The zero-order valence-electron chi connectivity index (χ0n) is 9.93. The second-order valence-corrected chi connectivity index (χ2v) is 4.21. The van der Waals surface area contributed by atoms with Crippen molar-refractivity contribution < 1.29 is 9.68 Å². The van der Waals surface area contributed by atoms with Crippen LogP contribution >= 0.6 is 12.2 Å². The van der Waals surface area contributed by atoms with Crippen molar-refractivity contribution in [2.24, 2.45) is 5.10 Å². The molecule has 0 saturated carbocycles. The summed E-state index contributed by atoms with van der Waals surface area (Å²) in [6.07, 6.45) is 2.91. The molecule has 0 aliphatic carbocycles. The first kappa shape index (κ1) is 12.8. The van der Waals surface area contributed by atoms with Gasteiger partial charge in [-0.1, -0.05) is 0 Å². The van der Waals surface area contributed by atoms with Crippen molar-refractivity contribution in [3.8, 4) is 0 Å². The SMILES string of the molecule is CC1=[N+](C)C=CC(=NNC(=S)N(C)C)C1O. The highest BCUT2D eigenvalue weighted by molar-refractivity contribution is 7.80. The Labute approximate surface area is 101 Å². The zero-order chi connectivity index (χ0) is 12.3. The van der Waals surface area contributed by atoms with Gasteiger partial charge in [0.1, 0.15) is 12.8 Å². The van der Waals surface area contributed by atoms with E-state index in [1.807, 2.05) is 38.8 Å². The number of aliphatic hydroxyl groups is 1. The average molecular weight is 241 g/mol. The highest BCUT2D eigenvalue weighted by Gasteiger charge is 2.24. The van der Waals surface area contributed by atoms with E-state index in [0.717, 1.165) is 5.71 Å². The summed E-state index contributed by atoms with van der Waals surface area (Å²) in [5, 5.41) is 14.5. The molecule has 1 heterocycles. The molecular weight excluding hydrogens is 224 g/mol. The number of hydrogen-bond donors (Lipinski definition) is 2. The van der Waals surface area contributed by atoms with Gasteiger partial charge in [0.2, 0.25) is 0 Å². The molecule has 0 saturated heterocycles. The van der Waals surface area contributed by atoms with Gasteiger partial charge in [0, 0.05) is 27.1 Å². The number of thiocarbonyl (C=S) groups is 1. The molecule has 1 aliphatic rings. The molecular formula is C10H17N4OS+. The lowest BCUT2D eigenvalue weighted by Gasteiger charge is -2.15. The van der Waals surface area contributed by atoms with Crippen LogP contribution in [0.3, 0.4) is 0 Å². The topological polar surface area (TPSA) is 50.9 Å². The zero-order valence-corrected chi connectivity index (χ0v) is 10.7. The molecule has 0 aromatic carbocycles. The lowest BCUT2D eigenvalue weighted by Crippen LogP contribution is -2.38. The van der Waals surface area contributed by atoms with E-state index >= 15 is 0 Å². The molecule has 0 spiro atoms. The van der Waals surface area contributed by atoms with Gasteiger partial charge in [-0.25, -0.2) is 4.58 Å². The van der Waals surface area contributed by atoms with Crippen LogP contribution in [0.15, 0.2) is 17.4 Å². The molecule has 88 valence electrons. The maximum absolute atomic E-state index is 9.90. The first-order valence-corrected chi connectivity index (χ1v) is 5.31. The van der Waals surface area contributed by atoms with E-state index in [4.69, 9.17) is 12.2 Å². The molecule has 6 heteroatoms. The lowest BCUT2D eigenvalue weighted by molar-refractivity contribution is -0.426. The van der Waals surface area contributed by atoms with Gasteiger partial charge in [-0.05, 0) is 12.2 Å². The van der Waals surface area contributed by atoms with Crippen LogP contribution < -0.4 is 5.43 Å². The van der Waals surface area contributed by atoms with E-state index in [-0.39, 0.29) is 0 Å². The van der Waals surface area contributed by atoms with Gasteiger partial charge >= 0.3 is 0 Å². The molecule has 0 radical (unpaired) electrons. The number of nitrogens with one attached hydrogen (secondary N) is 1. The summed E-state index contributed by atoms with van der Waals surface area (Å²) in [5.74, 6) is 0. The molecule has 16 heavy (non-hydrogen) atoms. The second-order valence-electron chi connectivity index (χ2n) is 3.82. The van der Waals surface area contributed by atoms with Gasteiger partial charge in [0.25, 0.3) is 0 Å². The van der Waals surface area contributed by atoms with Gasteiger partial charge in [-0.3, -0.25) is 5.43 Å². The Morgan fingerprint density at radius 2 is 2.25 bits per heavy atom. The quantitative estimate of drug-likeness (QED) is 0.378. The number of rotatable bonds is 1. The third kappa shape index (κ3) is 2.86. The molecule has 1 aliphatic heterocycles. The van der Waals surface area contributed by atoms with E-state index in [1.54, 1.807) is 11.0 Å². The summed E-state index contributed by atoms with van der Waals surface area (Å²) in [6.45, 7) is 1.86. The van der Waals surface area contributed by atoms with Crippen LogP contribution in [0.1, 0.15) is 6.92 Å². The van der Waals surface area contributed by atoms with Gasteiger partial charge in [-0.15, -0.1) is 0 Å². The minimum atomic E-state index is -0.688. The van der Waals surface area contributed by atoms with Crippen molar-refractivity contribution in [3.05, 3.63) is 12.3 Å². The van der Waals surface area contributed by atoms with Gasteiger partial charge in [-0.2, -0.15) is 5.10 Å². The molecule has 0 aromatic rings. The van der Waals surface area contributed by atoms with E-state index in [0.29, 0.717) is 10.8 Å². The minimum absolute atomic E-state index is 0.504. The third-order valence-corrected chi connectivity index (χ3v) is 2.84. The fourth-order valence-electron chi connectivity index (χ4n) is 1.11. The first-order valence-electron chi connectivity index (χ1n) is 4.91. The van der Waals surface area contributed by atoms with Crippen LogP contribution in [-0.2, 0) is 0 Å². The monoisotopic (exact) mass is 241 g/mol. The predicted octanol–water partition coefficient (Wildman–Crippen LogP) is -0.230. The Kier molecular flexibility index (Phi) is 4.14. The molecule has 0 amide bonds. The third-order valence-electron chi connectivity index (χ3n) is 2.39. The van der Waals surface area contributed by atoms with Crippen LogP contribution in [0.4, 0.5) is 0 Å². The Hall–Kier alpha value is -1.27. The van der Waals surface area contributed by atoms with Gasteiger partial charge < -0.3 is 10.0 Å². The molecule has 1 atom stereocenters. The van der Waals surface area contributed by atoms with E-state index < -0.39 is 6.10 Å². The van der Waals surface area contributed by atoms with Crippen molar-refractivity contribution in [3.63, 3.8) is 0 Å². The average Bonchev–Trinajstić information content (AvgIpc) is 2.24. The molecule has 0 aromatic heterocycles. The van der Waals surface area contributed by atoms with Crippen molar-refractivity contribution in [1.82, 2.24) is 10.3 Å². The summed E-state index contributed by atoms with van der Waals surface area (Å²) in [7, 11) is 5.53. The fraction of sp³-hybridized carbons (Fsp3) is 0.500. The fourth-order valence-corrected chi connectivity index (χ4v) is 1.16. The number of nitrogens with zero attached hydrogens (tertiary/aromatic N) is 3. The summed E-state index contributed by atoms with van der Waals surface area (Å²) < 4.78 is 1.86. The van der Waals surface area contributed by atoms with Gasteiger partial charge in [0.05, 0.1) is 0 Å². The summed E-state index contributed by atoms with van der Waals surface area (Å²) in [4.78, 5) is 1.74. The van der Waals surface area contributed by atoms with Crippen LogP contribution in [0, 0.1) is 0 Å². The number of aliphatic hydroxyl groups excluding tert-OH is 1. The molecule has 1 unspecified atom stereocenters. The maximum atomic E-state index is 9.90. The smallest absolute Gasteiger partial charge is 0.189 e. The summed E-state index contributed by atoms with van der Waals surface area (Å²) >= 11 is 5.02. The summed E-state index contributed by atoms with van der Waals surface area (Å²) in [5.41, 5.74) is 4.11. The maximum Gasteiger partial charge on any atom is 0.189 e. The number of hydrazone groups is 1. The van der Waals surface area contributed by atoms with E-state index in [2.05, 4.69) is 10.5 Å². The standard InChI is InChI=1S/C10H16N4OS/c1-7-9(15)8(5-6-14(7)4)11-12-10(16)13(2)3/h5-6,9,15H,1-4H3/p+1. The van der Waals surface area contributed by atoms with Crippen molar-refractivity contribution >= 4 is 28.8 Å². The molecule has 0 bridgehead atoms. The Balaban J connectivity index is 2.74. The van der Waals surface area contributed by atoms with Gasteiger partial charge in [0.15, 0.2) is 23.1 Å². The highest BCUT2D eigenvalue weighted by Crippen LogP contribution is 2.01. The lowest BCUT2D eigenvalue weighted by atomic mass is 10.1. The van der Waals surface area contributed by atoms with Crippen LogP contribution in [0.25, 0.3) is 0 Å². The Morgan fingerprint density at radius 3 is 2.81 bits per heavy atom. The minimum Gasteiger partial charge on any atom is -0.376 e. The molecule has 0 fully saturated rings. The van der Waals surface area contributed by atoms with Crippen LogP contribution in [0.5, 0.6) is 0 Å². The van der Waals surface area contributed by atoms with Crippen molar-refractivity contribution in [2.45, 2.75) is 13.0 Å². The van der Waals surface area contributed by atoms with E-state index in [9.17, 15) is 5.11 Å². The van der Waals surface area contributed by atoms with Crippen LogP contribution in [0.2, 0.25) is 0 Å². The highest BCUT2D eigenvalue weighted by atomic mass is 32.1. The molecule has 1 rings (SSSR count).